The Morgan fingerprint density at radius 3 is 2.32 bits per heavy atom. The van der Waals surface area contributed by atoms with Gasteiger partial charge in [0.1, 0.15) is 0 Å². The molecule has 1 rings (SSSR count). The molecule has 1 aliphatic carbocycles. The van der Waals surface area contributed by atoms with Crippen molar-refractivity contribution in [2.45, 2.75) is 71.8 Å². The van der Waals surface area contributed by atoms with Crippen LogP contribution in [0.5, 0.6) is 0 Å². The smallest absolute Gasteiger partial charge is 0.407 e. The molecule has 0 aromatic carbocycles. The van der Waals surface area contributed by atoms with Gasteiger partial charge in [-0.15, -0.1) is 0 Å². The lowest BCUT2D eigenvalue weighted by atomic mass is 9.99. The maximum absolute atomic E-state index is 12.3. The molecule has 0 bridgehead atoms. The molecule has 1 aliphatic rings. The largest absolute Gasteiger partial charge is 0.450 e. The van der Waals surface area contributed by atoms with Crippen LogP contribution in [0.4, 0.5) is 4.79 Å². The van der Waals surface area contributed by atoms with E-state index in [2.05, 4.69) is 24.5 Å². The van der Waals surface area contributed by atoms with E-state index in [1.54, 1.807) is 6.92 Å². The monoisotopic (exact) mass is 312 g/mol. The van der Waals surface area contributed by atoms with E-state index in [1.807, 2.05) is 0 Å². The Hall–Kier alpha value is -1.26. The van der Waals surface area contributed by atoms with Crippen molar-refractivity contribution in [2.24, 2.45) is 11.8 Å². The fourth-order valence-electron chi connectivity index (χ4n) is 3.01. The van der Waals surface area contributed by atoms with E-state index in [0.29, 0.717) is 19.1 Å². The molecule has 5 heteroatoms. The molecule has 0 radical (unpaired) electrons. The van der Waals surface area contributed by atoms with Crippen molar-refractivity contribution in [1.29, 1.82) is 0 Å². The number of amides is 2. The normalized spacial score (nSPS) is 17.6. The van der Waals surface area contributed by atoms with E-state index in [-0.39, 0.29) is 17.9 Å². The van der Waals surface area contributed by atoms with Crippen LogP contribution in [-0.2, 0) is 9.53 Å². The lowest BCUT2D eigenvalue weighted by molar-refractivity contribution is -0.125. The predicted molar refractivity (Wildman–Crippen MR) is 87.6 cm³/mol. The Morgan fingerprint density at radius 2 is 1.77 bits per heavy atom. The number of rotatable bonds is 7. The van der Waals surface area contributed by atoms with E-state index < -0.39 is 6.09 Å². The number of hydrogen-bond acceptors (Lipinski definition) is 3. The molecule has 1 saturated carbocycles. The lowest BCUT2D eigenvalue weighted by Gasteiger charge is -2.22. The second kappa shape index (κ2) is 10.5. The summed E-state index contributed by atoms with van der Waals surface area (Å²) in [7, 11) is 0. The molecule has 2 N–H and O–H groups in total. The molecule has 0 aliphatic heterocycles. The van der Waals surface area contributed by atoms with Gasteiger partial charge in [0.15, 0.2) is 0 Å². The van der Waals surface area contributed by atoms with Crippen LogP contribution in [0.25, 0.3) is 0 Å². The van der Waals surface area contributed by atoms with Crippen molar-refractivity contribution in [3.05, 3.63) is 0 Å². The lowest BCUT2D eigenvalue weighted by Crippen LogP contribution is -2.45. The molecule has 1 fully saturated rings. The minimum absolute atomic E-state index is 0.0752. The fraction of sp³-hybridized carbons (Fsp3) is 0.882. The maximum Gasteiger partial charge on any atom is 0.407 e. The number of alkyl carbamates (subject to hydrolysis) is 1. The second-order valence-electron chi connectivity index (χ2n) is 6.62. The van der Waals surface area contributed by atoms with Crippen molar-refractivity contribution in [2.75, 3.05) is 13.2 Å². The van der Waals surface area contributed by atoms with Crippen molar-refractivity contribution in [3.8, 4) is 0 Å². The third-order valence-electron chi connectivity index (χ3n) is 4.10. The summed E-state index contributed by atoms with van der Waals surface area (Å²) >= 11 is 0. The first kappa shape index (κ1) is 18.8. The molecule has 2 amide bonds. The summed E-state index contributed by atoms with van der Waals surface area (Å²) in [6.07, 6.45) is 7.18. The van der Waals surface area contributed by atoms with Crippen molar-refractivity contribution in [1.82, 2.24) is 10.6 Å². The third-order valence-corrected chi connectivity index (χ3v) is 4.10. The zero-order valence-corrected chi connectivity index (χ0v) is 14.3. The minimum atomic E-state index is -0.406. The first-order valence-corrected chi connectivity index (χ1v) is 8.74. The number of nitrogens with one attached hydrogen (secondary N) is 2. The summed E-state index contributed by atoms with van der Waals surface area (Å²) in [6, 6.07) is -0.0752. The Kier molecular flexibility index (Phi) is 8.94. The number of hydrogen-bond donors (Lipinski definition) is 2. The summed E-state index contributed by atoms with van der Waals surface area (Å²) in [5.74, 6) is 0.729. The van der Waals surface area contributed by atoms with Crippen LogP contribution < -0.4 is 10.6 Å². The van der Waals surface area contributed by atoms with Gasteiger partial charge in [-0.05, 0) is 32.1 Å². The molecule has 5 nitrogen and oxygen atoms in total. The van der Waals surface area contributed by atoms with Gasteiger partial charge in [0.25, 0.3) is 0 Å². The van der Waals surface area contributed by atoms with Crippen LogP contribution in [0.15, 0.2) is 0 Å². The van der Waals surface area contributed by atoms with E-state index in [1.165, 1.54) is 12.8 Å². The quantitative estimate of drug-likeness (QED) is 0.709. The van der Waals surface area contributed by atoms with Gasteiger partial charge in [0, 0.05) is 18.5 Å². The van der Waals surface area contributed by atoms with Crippen LogP contribution in [0.3, 0.4) is 0 Å². The molecule has 128 valence electrons. The van der Waals surface area contributed by atoms with Gasteiger partial charge >= 0.3 is 6.09 Å². The first-order valence-electron chi connectivity index (χ1n) is 8.74. The van der Waals surface area contributed by atoms with Crippen LogP contribution in [-0.4, -0.2) is 31.2 Å². The van der Waals surface area contributed by atoms with Gasteiger partial charge in [0.2, 0.25) is 5.91 Å². The average Bonchev–Trinajstić information content (AvgIpc) is 2.73. The molecule has 0 spiro atoms. The second-order valence-corrected chi connectivity index (χ2v) is 6.62. The van der Waals surface area contributed by atoms with Gasteiger partial charge in [-0.3, -0.25) is 4.79 Å². The highest BCUT2D eigenvalue weighted by Crippen LogP contribution is 2.22. The zero-order valence-electron chi connectivity index (χ0n) is 14.3. The van der Waals surface area contributed by atoms with E-state index in [0.717, 1.165) is 32.1 Å². The molecule has 1 atom stereocenters. The fourth-order valence-corrected chi connectivity index (χ4v) is 3.01. The van der Waals surface area contributed by atoms with E-state index in [9.17, 15) is 9.59 Å². The summed E-state index contributed by atoms with van der Waals surface area (Å²) < 4.78 is 4.93. The molecule has 0 aromatic rings. The highest BCUT2D eigenvalue weighted by molar-refractivity contribution is 5.78. The molecule has 0 heterocycles. The van der Waals surface area contributed by atoms with Gasteiger partial charge in [-0.1, -0.05) is 39.5 Å². The molecular weight excluding hydrogens is 280 g/mol. The topological polar surface area (TPSA) is 67.4 Å². The number of carbonyl (C=O) groups excluding carboxylic acids is 2. The van der Waals surface area contributed by atoms with Gasteiger partial charge in [0.05, 0.1) is 6.61 Å². The maximum atomic E-state index is 12.3. The van der Waals surface area contributed by atoms with Gasteiger partial charge < -0.3 is 15.4 Å². The van der Waals surface area contributed by atoms with Gasteiger partial charge in [-0.2, -0.15) is 0 Å². The highest BCUT2D eigenvalue weighted by Gasteiger charge is 2.21. The molecule has 0 aromatic heterocycles. The SMILES string of the molecule is CCOC(=O)NC(CNC(=O)C1CCCCCC1)CC(C)C. The predicted octanol–water partition coefficient (Wildman–Crippen LogP) is 3.23. The zero-order chi connectivity index (χ0) is 16.4. The van der Waals surface area contributed by atoms with Crippen molar-refractivity contribution < 1.29 is 14.3 Å². The Morgan fingerprint density at radius 1 is 1.14 bits per heavy atom. The van der Waals surface area contributed by atoms with Crippen molar-refractivity contribution >= 4 is 12.0 Å². The number of carbonyl (C=O) groups is 2. The summed E-state index contributed by atoms with van der Waals surface area (Å²) in [5.41, 5.74) is 0. The Bertz CT molecular complexity index is 337. The van der Waals surface area contributed by atoms with Crippen LogP contribution in [0.1, 0.15) is 65.7 Å². The molecule has 0 saturated heterocycles. The standard InChI is InChI=1S/C17H32N2O3/c1-4-22-17(21)19-15(11-13(2)3)12-18-16(20)14-9-7-5-6-8-10-14/h13-15H,4-12H2,1-3H3,(H,18,20)(H,19,21). The van der Waals surface area contributed by atoms with Crippen LogP contribution in [0.2, 0.25) is 0 Å². The van der Waals surface area contributed by atoms with Crippen LogP contribution in [0, 0.1) is 11.8 Å². The summed E-state index contributed by atoms with van der Waals surface area (Å²) in [5, 5.41) is 5.87. The van der Waals surface area contributed by atoms with Crippen molar-refractivity contribution in [3.63, 3.8) is 0 Å². The Labute approximate surface area is 134 Å². The van der Waals surface area contributed by atoms with Gasteiger partial charge in [-0.25, -0.2) is 4.79 Å². The molecule has 1 unspecified atom stereocenters. The number of ether oxygens (including phenoxy) is 1. The van der Waals surface area contributed by atoms with E-state index >= 15 is 0 Å². The van der Waals surface area contributed by atoms with Crippen LogP contribution >= 0.6 is 0 Å². The summed E-state index contributed by atoms with van der Waals surface area (Å²) in [4.78, 5) is 23.9. The average molecular weight is 312 g/mol. The first-order chi connectivity index (χ1) is 10.5. The molecular formula is C17H32N2O3. The summed E-state index contributed by atoms with van der Waals surface area (Å²) in [6.45, 7) is 6.83. The third kappa shape index (κ3) is 7.66. The minimum Gasteiger partial charge on any atom is -0.450 e. The Balaban J connectivity index is 2.43. The van der Waals surface area contributed by atoms with E-state index in [4.69, 9.17) is 4.74 Å². The molecule has 22 heavy (non-hydrogen) atoms. The highest BCUT2D eigenvalue weighted by atomic mass is 16.5.